The van der Waals surface area contributed by atoms with E-state index in [-0.39, 0.29) is 0 Å². The number of rotatable bonds is 4. The number of fused-ring (bicyclic) bond motifs is 10. The second-order valence-corrected chi connectivity index (χ2v) is 13.9. The Kier molecular flexibility index (Phi) is 6.73. The minimum absolute atomic E-state index is 0.588. The predicted molar refractivity (Wildman–Crippen MR) is 216 cm³/mol. The molecule has 2 aliphatic rings. The van der Waals surface area contributed by atoms with E-state index in [1.54, 1.807) is 0 Å². The van der Waals surface area contributed by atoms with Crippen molar-refractivity contribution < 1.29 is 4.74 Å². The standard InChI is InChI=1S/C50H31N3O/c1-2-13-32(14-3-1)33-25-27-35(28-26-33)47-51-48(53-49(52-47)40-19-12-16-34-15-4-5-17-37(34)40)36-29-30-39-38-18-6-7-20-41(38)50(44(39)31-36)42-21-8-10-23-45(42)54-46-24-11-9-22-43(46)50/h1-31H. The van der Waals surface area contributed by atoms with E-state index in [0.29, 0.717) is 17.5 Å². The normalized spacial score (nSPS) is 13.1. The SMILES string of the molecule is c1ccc(-c2ccc(-c3nc(-c4ccc5c(c4)C4(c6ccccc6Oc6ccccc64)c4ccccc4-5)nc(-c4cccc5ccccc45)n3)cc2)cc1. The molecule has 0 saturated carbocycles. The number of para-hydroxylation sites is 2. The smallest absolute Gasteiger partial charge is 0.164 e. The molecule has 9 aromatic rings. The molecule has 54 heavy (non-hydrogen) atoms. The van der Waals surface area contributed by atoms with Gasteiger partial charge in [-0.25, -0.2) is 15.0 Å². The van der Waals surface area contributed by atoms with E-state index in [9.17, 15) is 0 Å². The van der Waals surface area contributed by atoms with Crippen molar-refractivity contribution in [2.24, 2.45) is 0 Å². The van der Waals surface area contributed by atoms with E-state index >= 15 is 0 Å². The minimum Gasteiger partial charge on any atom is -0.457 e. The molecule has 1 aromatic heterocycles. The van der Waals surface area contributed by atoms with Crippen molar-refractivity contribution in [1.29, 1.82) is 0 Å². The molecule has 0 amide bonds. The average Bonchev–Trinajstić information content (AvgIpc) is 3.53. The Labute approximate surface area is 313 Å². The zero-order valence-electron chi connectivity index (χ0n) is 29.1. The summed E-state index contributed by atoms with van der Waals surface area (Å²) in [5.74, 6) is 3.62. The lowest BCUT2D eigenvalue weighted by Crippen LogP contribution is -2.32. The van der Waals surface area contributed by atoms with Gasteiger partial charge in [0.1, 0.15) is 11.5 Å². The minimum atomic E-state index is -0.588. The van der Waals surface area contributed by atoms with E-state index < -0.39 is 5.41 Å². The largest absolute Gasteiger partial charge is 0.457 e. The highest BCUT2D eigenvalue weighted by Gasteiger charge is 2.51. The third kappa shape index (κ3) is 4.53. The van der Waals surface area contributed by atoms with Crippen LogP contribution < -0.4 is 4.74 Å². The number of nitrogens with zero attached hydrogens (tertiary/aromatic N) is 3. The van der Waals surface area contributed by atoms with Crippen LogP contribution in [0.25, 0.3) is 67.2 Å². The molecule has 0 radical (unpaired) electrons. The van der Waals surface area contributed by atoms with Crippen molar-refractivity contribution in [3.63, 3.8) is 0 Å². The first kappa shape index (κ1) is 30.5. The van der Waals surface area contributed by atoms with Crippen molar-refractivity contribution in [3.8, 4) is 67.9 Å². The predicted octanol–water partition coefficient (Wildman–Crippen LogP) is 12.2. The maximum absolute atomic E-state index is 6.58. The zero-order chi connectivity index (χ0) is 35.6. The van der Waals surface area contributed by atoms with Crippen LogP contribution in [0.2, 0.25) is 0 Å². The van der Waals surface area contributed by atoms with Gasteiger partial charge in [0, 0.05) is 27.8 Å². The van der Waals surface area contributed by atoms with Crippen LogP contribution in [0.5, 0.6) is 11.5 Å². The van der Waals surface area contributed by atoms with E-state index in [4.69, 9.17) is 19.7 Å². The summed E-state index contributed by atoms with van der Waals surface area (Å²) in [6.07, 6.45) is 0. The fraction of sp³-hybridized carbons (Fsp3) is 0.0200. The molecule has 0 N–H and O–H groups in total. The number of hydrogen-bond donors (Lipinski definition) is 0. The summed E-state index contributed by atoms with van der Waals surface area (Å²) < 4.78 is 6.58. The van der Waals surface area contributed by atoms with Crippen LogP contribution in [0, 0.1) is 0 Å². The van der Waals surface area contributed by atoms with Crippen molar-refractivity contribution >= 4 is 10.8 Å². The van der Waals surface area contributed by atoms with Gasteiger partial charge in [0.15, 0.2) is 17.5 Å². The lowest BCUT2D eigenvalue weighted by atomic mass is 9.66. The molecule has 1 aliphatic carbocycles. The molecule has 4 nitrogen and oxygen atoms in total. The van der Waals surface area contributed by atoms with Crippen LogP contribution in [0.15, 0.2) is 188 Å². The monoisotopic (exact) mass is 689 g/mol. The first-order valence-corrected chi connectivity index (χ1v) is 18.3. The van der Waals surface area contributed by atoms with Gasteiger partial charge in [-0.1, -0.05) is 170 Å². The number of hydrogen-bond acceptors (Lipinski definition) is 4. The van der Waals surface area contributed by atoms with Gasteiger partial charge in [-0.05, 0) is 62.4 Å². The first-order valence-electron chi connectivity index (χ1n) is 18.3. The summed E-state index contributed by atoms with van der Waals surface area (Å²) in [4.78, 5) is 15.7. The van der Waals surface area contributed by atoms with E-state index in [2.05, 4.69) is 170 Å². The summed E-state index contributed by atoms with van der Waals surface area (Å²) in [5.41, 5.74) is 11.6. The molecule has 2 heterocycles. The molecule has 0 bridgehead atoms. The molecule has 252 valence electrons. The summed E-state index contributed by atoms with van der Waals surface area (Å²) in [5, 5.41) is 2.24. The van der Waals surface area contributed by atoms with Crippen LogP contribution in [0.4, 0.5) is 0 Å². The lowest BCUT2D eigenvalue weighted by molar-refractivity contribution is 0.436. The fourth-order valence-corrected chi connectivity index (χ4v) is 8.61. The highest BCUT2D eigenvalue weighted by Crippen LogP contribution is 2.62. The molecule has 0 unspecified atom stereocenters. The topological polar surface area (TPSA) is 47.9 Å². The number of benzene rings is 8. The zero-order valence-corrected chi connectivity index (χ0v) is 29.1. The molecule has 1 spiro atoms. The highest BCUT2D eigenvalue weighted by molar-refractivity contribution is 5.96. The lowest BCUT2D eigenvalue weighted by Gasteiger charge is -2.39. The number of aromatic nitrogens is 3. The Morgan fingerprint density at radius 1 is 0.333 bits per heavy atom. The Balaban J connectivity index is 1.15. The maximum atomic E-state index is 6.58. The molecule has 0 saturated heterocycles. The second-order valence-electron chi connectivity index (χ2n) is 13.9. The maximum Gasteiger partial charge on any atom is 0.164 e. The molecule has 0 atom stereocenters. The van der Waals surface area contributed by atoms with Gasteiger partial charge in [0.25, 0.3) is 0 Å². The quantitative estimate of drug-likeness (QED) is 0.185. The molecule has 1 aliphatic heterocycles. The van der Waals surface area contributed by atoms with E-state index in [1.165, 1.54) is 27.8 Å². The Hall–Kier alpha value is -7.17. The van der Waals surface area contributed by atoms with Gasteiger partial charge in [-0.15, -0.1) is 0 Å². The Bertz CT molecular complexity index is 2870. The summed E-state index contributed by atoms with van der Waals surface area (Å²) in [6, 6.07) is 66.0. The molecule has 4 heteroatoms. The van der Waals surface area contributed by atoms with Crippen LogP contribution in [0.1, 0.15) is 22.3 Å². The Morgan fingerprint density at radius 3 is 1.63 bits per heavy atom. The Morgan fingerprint density at radius 2 is 0.852 bits per heavy atom. The van der Waals surface area contributed by atoms with Crippen LogP contribution in [-0.4, -0.2) is 15.0 Å². The number of ether oxygens (including phenoxy) is 1. The third-order valence-electron chi connectivity index (χ3n) is 11.0. The van der Waals surface area contributed by atoms with Gasteiger partial charge < -0.3 is 4.74 Å². The van der Waals surface area contributed by atoms with Gasteiger partial charge in [-0.3, -0.25) is 0 Å². The van der Waals surface area contributed by atoms with Gasteiger partial charge >= 0.3 is 0 Å². The molecule has 8 aromatic carbocycles. The third-order valence-corrected chi connectivity index (χ3v) is 11.0. The summed E-state index contributed by atoms with van der Waals surface area (Å²) in [6.45, 7) is 0. The summed E-state index contributed by atoms with van der Waals surface area (Å²) >= 11 is 0. The van der Waals surface area contributed by atoms with E-state index in [1.807, 2.05) is 18.2 Å². The summed E-state index contributed by atoms with van der Waals surface area (Å²) in [7, 11) is 0. The second kappa shape index (κ2) is 11.9. The van der Waals surface area contributed by atoms with Crippen molar-refractivity contribution in [2.75, 3.05) is 0 Å². The van der Waals surface area contributed by atoms with Crippen LogP contribution >= 0.6 is 0 Å². The average molecular weight is 690 g/mol. The van der Waals surface area contributed by atoms with E-state index in [0.717, 1.165) is 55.7 Å². The molecule has 0 fully saturated rings. The molecule has 11 rings (SSSR count). The molecular weight excluding hydrogens is 659 g/mol. The van der Waals surface area contributed by atoms with Crippen molar-refractivity contribution in [2.45, 2.75) is 5.41 Å². The van der Waals surface area contributed by atoms with Crippen molar-refractivity contribution in [1.82, 2.24) is 15.0 Å². The van der Waals surface area contributed by atoms with Crippen molar-refractivity contribution in [3.05, 3.63) is 210 Å². The fourth-order valence-electron chi connectivity index (χ4n) is 8.61. The van der Waals surface area contributed by atoms with Crippen LogP contribution in [0.3, 0.4) is 0 Å². The molecular formula is C50H31N3O. The van der Waals surface area contributed by atoms with Gasteiger partial charge in [0.05, 0.1) is 5.41 Å². The van der Waals surface area contributed by atoms with Gasteiger partial charge in [-0.2, -0.15) is 0 Å². The van der Waals surface area contributed by atoms with Crippen LogP contribution in [-0.2, 0) is 5.41 Å². The van der Waals surface area contributed by atoms with Gasteiger partial charge in [0.2, 0.25) is 0 Å². The first-order chi connectivity index (χ1) is 26.8. The highest BCUT2D eigenvalue weighted by atomic mass is 16.5.